The van der Waals surface area contributed by atoms with E-state index in [-0.39, 0.29) is 5.92 Å². The van der Waals surface area contributed by atoms with Crippen LogP contribution in [0.2, 0.25) is 0 Å². The molecule has 1 aliphatic carbocycles. The van der Waals surface area contributed by atoms with Gasteiger partial charge in [0.15, 0.2) is 5.82 Å². The molecule has 0 aliphatic heterocycles. The van der Waals surface area contributed by atoms with Gasteiger partial charge in [0.2, 0.25) is 0 Å². The highest BCUT2D eigenvalue weighted by atomic mass is 79.9. The standard InChI is InChI=1S/C24H23BrN6O2/c1-2-24(8-7-13-3-4-14-10-16(25)22(26)30-17(14)9-13)11-15(20(32)21(24)33)18-5-6-19-23(27)28-12-29-31(18)19/h1,3-6,9-10,12,15,20-21,32-33H,7-8,11H2,(H2,26,30)(H2,27,28,29)/t15-,20-,21-,24-/m0/s1. The van der Waals surface area contributed by atoms with Gasteiger partial charge in [-0.05, 0) is 65.0 Å². The van der Waals surface area contributed by atoms with Crippen molar-refractivity contribution in [3.8, 4) is 12.3 Å². The zero-order chi connectivity index (χ0) is 23.3. The molecule has 4 atom stereocenters. The molecule has 3 aromatic heterocycles. The molecular formula is C24H23BrN6O2. The first kappa shape index (κ1) is 21.6. The Hall–Kier alpha value is -3.19. The fourth-order valence-corrected chi connectivity index (χ4v) is 5.24. The Balaban J connectivity index is 1.42. The fraction of sp³-hybridized carbons (Fsp3) is 0.292. The maximum Gasteiger partial charge on any atom is 0.151 e. The van der Waals surface area contributed by atoms with Crippen molar-refractivity contribution in [2.24, 2.45) is 5.41 Å². The number of aromatic nitrogens is 4. The van der Waals surface area contributed by atoms with Crippen molar-refractivity contribution < 1.29 is 10.2 Å². The van der Waals surface area contributed by atoms with Crippen LogP contribution < -0.4 is 11.5 Å². The number of hydrogen-bond acceptors (Lipinski definition) is 7. The number of terminal acetylenes is 1. The third kappa shape index (κ3) is 3.51. The molecule has 3 heterocycles. The highest BCUT2D eigenvalue weighted by Gasteiger charge is 2.52. The van der Waals surface area contributed by atoms with Crippen molar-refractivity contribution in [3.05, 3.63) is 58.5 Å². The summed E-state index contributed by atoms with van der Waals surface area (Å²) in [6, 6.07) is 11.6. The van der Waals surface area contributed by atoms with Gasteiger partial charge in [0.1, 0.15) is 17.7 Å². The van der Waals surface area contributed by atoms with Crippen molar-refractivity contribution in [1.82, 2.24) is 19.6 Å². The second kappa shape index (κ2) is 7.99. The minimum Gasteiger partial charge on any atom is -0.390 e. The van der Waals surface area contributed by atoms with Gasteiger partial charge in [0.05, 0.1) is 27.6 Å². The highest BCUT2D eigenvalue weighted by molar-refractivity contribution is 9.10. The number of nitrogen functional groups attached to an aromatic ring is 2. The molecule has 1 saturated carbocycles. The lowest BCUT2D eigenvalue weighted by molar-refractivity contribution is -0.00656. The van der Waals surface area contributed by atoms with E-state index in [0.717, 1.165) is 26.6 Å². The number of nitrogens with two attached hydrogens (primary N) is 2. The SMILES string of the molecule is C#C[C@]1(CCc2ccc3cc(Br)c(N)nc3c2)C[C@@H](c2ccc3c(N)ncnn23)[C@H](O)[C@@H]1O. The molecule has 1 fully saturated rings. The Morgan fingerprint density at radius 1 is 1.18 bits per heavy atom. The number of aliphatic hydroxyl groups is 2. The van der Waals surface area contributed by atoms with Gasteiger partial charge in [-0.3, -0.25) is 0 Å². The normalized spacial score (nSPS) is 25.0. The first-order valence-electron chi connectivity index (χ1n) is 10.6. The maximum atomic E-state index is 11.0. The molecule has 9 heteroatoms. The van der Waals surface area contributed by atoms with E-state index >= 15 is 0 Å². The summed E-state index contributed by atoms with van der Waals surface area (Å²) in [5.41, 5.74) is 14.2. The third-order valence-corrected chi connectivity index (χ3v) is 7.42. The summed E-state index contributed by atoms with van der Waals surface area (Å²) >= 11 is 3.40. The molecule has 8 nitrogen and oxygen atoms in total. The minimum absolute atomic E-state index is 0.352. The number of aliphatic hydroxyl groups excluding tert-OH is 2. The predicted molar refractivity (Wildman–Crippen MR) is 130 cm³/mol. The molecular weight excluding hydrogens is 484 g/mol. The van der Waals surface area contributed by atoms with Gasteiger partial charge in [-0.25, -0.2) is 14.5 Å². The van der Waals surface area contributed by atoms with E-state index in [1.807, 2.05) is 36.4 Å². The van der Waals surface area contributed by atoms with E-state index < -0.39 is 17.6 Å². The number of rotatable bonds is 4. The molecule has 5 rings (SSSR count). The van der Waals surface area contributed by atoms with Crippen LogP contribution in [0.5, 0.6) is 0 Å². The Morgan fingerprint density at radius 3 is 2.79 bits per heavy atom. The molecule has 168 valence electrons. The van der Waals surface area contributed by atoms with Crippen LogP contribution in [-0.4, -0.2) is 42.0 Å². The van der Waals surface area contributed by atoms with Crippen molar-refractivity contribution in [1.29, 1.82) is 0 Å². The second-order valence-corrected chi connectivity index (χ2v) is 9.48. The number of halogens is 1. The average Bonchev–Trinajstić information content (AvgIpc) is 3.34. The first-order valence-corrected chi connectivity index (χ1v) is 11.4. The van der Waals surface area contributed by atoms with Gasteiger partial charge in [0.25, 0.3) is 0 Å². The minimum atomic E-state index is -1.07. The molecule has 0 bridgehead atoms. The first-order chi connectivity index (χ1) is 15.8. The molecule has 0 spiro atoms. The quantitative estimate of drug-likeness (QED) is 0.312. The van der Waals surface area contributed by atoms with Gasteiger partial charge in [-0.15, -0.1) is 6.42 Å². The van der Waals surface area contributed by atoms with Crippen LogP contribution in [-0.2, 0) is 6.42 Å². The Labute approximate surface area is 198 Å². The number of nitrogens with zero attached hydrogens (tertiary/aromatic N) is 4. The van der Waals surface area contributed by atoms with E-state index in [1.54, 1.807) is 4.52 Å². The molecule has 1 aliphatic rings. The van der Waals surface area contributed by atoms with Crippen LogP contribution in [0.1, 0.15) is 30.0 Å². The summed E-state index contributed by atoms with van der Waals surface area (Å²) in [7, 11) is 0. The number of hydrogen-bond donors (Lipinski definition) is 4. The molecule has 0 saturated heterocycles. The summed E-state index contributed by atoms with van der Waals surface area (Å²) in [5.74, 6) is 3.21. The lowest BCUT2D eigenvalue weighted by atomic mass is 9.78. The maximum absolute atomic E-state index is 11.0. The summed E-state index contributed by atoms with van der Waals surface area (Å²) in [6.07, 6.45) is 6.80. The molecule has 1 aromatic carbocycles. The topological polar surface area (TPSA) is 136 Å². The lowest BCUT2D eigenvalue weighted by Crippen LogP contribution is -2.35. The smallest absolute Gasteiger partial charge is 0.151 e. The molecule has 33 heavy (non-hydrogen) atoms. The Morgan fingerprint density at radius 2 is 2.00 bits per heavy atom. The second-order valence-electron chi connectivity index (χ2n) is 8.63. The van der Waals surface area contributed by atoms with Crippen molar-refractivity contribution in [2.45, 2.75) is 37.4 Å². The van der Waals surface area contributed by atoms with Crippen LogP contribution >= 0.6 is 15.9 Å². The summed E-state index contributed by atoms with van der Waals surface area (Å²) in [6.45, 7) is 0. The lowest BCUT2D eigenvalue weighted by Gasteiger charge is -2.27. The number of anilines is 2. The summed E-state index contributed by atoms with van der Waals surface area (Å²) in [4.78, 5) is 8.44. The van der Waals surface area contributed by atoms with Crippen LogP contribution in [0.15, 0.2) is 47.2 Å². The molecule has 4 aromatic rings. The molecule has 0 radical (unpaired) electrons. The fourth-order valence-electron chi connectivity index (χ4n) is 4.91. The van der Waals surface area contributed by atoms with Gasteiger partial charge in [-0.2, -0.15) is 5.10 Å². The van der Waals surface area contributed by atoms with Crippen molar-refractivity contribution in [3.63, 3.8) is 0 Å². The van der Waals surface area contributed by atoms with E-state index in [0.29, 0.717) is 36.4 Å². The van der Waals surface area contributed by atoms with Gasteiger partial charge < -0.3 is 21.7 Å². The number of aryl methyl sites for hydroxylation is 1. The van der Waals surface area contributed by atoms with Crippen LogP contribution in [0.4, 0.5) is 11.6 Å². The van der Waals surface area contributed by atoms with E-state index in [1.165, 1.54) is 6.33 Å². The van der Waals surface area contributed by atoms with Crippen LogP contribution in [0.3, 0.4) is 0 Å². The number of benzene rings is 1. The van der Waals surface area contributed by atoms with Crippen LogP contribution in [0, 0.1) is 17.8 Å². The largest absolute Gasteiger partial charge is 0.390 e. The van der Waals surface area contributed by atoms with Crippen LogP contribution in [0.25, 0.3) is 16.4 Å². The Kier molecular flexibility index (Phi) is 5.24. The predicted octanol–water partition coefficient (Wildman–Crippen LogP) is 2.67. The van der Waals surface area contributed by atoms with Gasteiger partial charge in [-0.1, -0.05) is 18.1 Å². The molecule has 6 N–H and O–H groups in total. The Bertz CT molecular complexity index is 1410. The van der Waals surface area contributed by atoms with E-state index in [2.05, 4.69) is 36.9 Å². The van der Waals surface area contributed by atoms with E-state index in [9.17, 15) is 10.2 Å². The highest BCUT2D eigenvalue weighted by Crippen LogP contribution is 2.49. The van der Waals surface area contributed by atoms with E-state index in [4.69, 9.17) is 17.9 Å². The van der Waals surface area contributed by atoms with Crippen molar-refractivity contribution in [2.75, 3.05) is 11.5 Å². The summed E-state index contributed by atoms with van der Waals surface area (Å²) in [5, 5.41) is 27.2. The number of fused-ring (bicyclic) bond motifs is 2. The monoisotopic (exact) mass is 506 g/mol. The third-order valence-electron chi connectivity index (χ3n) is 6.79. The van der Waals surface area contributed by atoms with Gasteiger partial charge in [0, 0.05) is 17.0 Å². The van der Waals surface area contributed by atoms with Crippen molar-refractivity contribution >= 4 is 44.0 Å². The zero-order valence-corrected chi connectivity index (χ0v) is 19.3. The summed E-state index contributed by atoms with van der Waals surface area (Å²) < 4.78 is 2.42. The molecule has 0 unspecified atom stereocenters. The molecule has 0 amide bonds. The van der Waals surface area contributed by atoms with Gasteiger partial charge >= 0.3 is 0 Å². The number of pyridine rings is 1. The average molecular weight is 507 g/mol. The zero-order valence-electron chi connectivity index (χ0n) is 17.7.